The number of methoxy groups -OCH3 is 2. The first kappa shape index (κ1) is 21.2. The molecule has 1 aliphatic heterocycles. The lowest BCUT2D eigenvalue weighted by atomic mass is 10.1. The maximum atomic E-state index is 12.3. The van der Waals surface area contributed by atoms with Crippen molar-refractivity contribution in [1.29, 1.82) is 0 Å². The zero-order valence-corrected chi connectivity index (χ0v) is 18.1. The predicted molar refractivity (Wildman–Crippen MR) is 122 cm³/mol. The van der Waals surface area contributed by atoms with Crippen molar-refractivity contribution in [3.05, 3.63) is 94.7 Å². The van der Waals surface area contributed by atoms with E-state index in [2.05, 4.69) is 11.1 Å². The Morgan fingerprint density at radius 2 is 1.78 bits per heavy atom. The summed E-state index contributed by atoms with van der Waals surface area (Å²) in [5.74, 6) is 1.57. The van der Waals surface area contributed by atoms with Gasteiger partial charge in [0.25, 0.3) is 0 Å². The molecule has 0 fully saturated rings. The van der Waals surface area contributed by atoms with E-state index in [9.17, 15) is 4.79 Å². The quantitative estimate of drug-likeness (QED) is 0.393. The molecule has 0 amide bonds. The summed E-state index contributed by atoms with van der Waals surface area (Å²) in [4.78, 5) is 16.7. The van der Waals surface area contributed by atoms with Crippen molar-refractivity contribution < 1.29 is 23.7 Å². The number of carbonyl (C=O) groups excluding carboxylic acids is 1. The molecule has 3 aromatic carbocycles. The second-order valence-corrected chi connectivity index (χ2v) is 7.26. The van der Waals surface area contributed by atoms with Crippen molar-refractivity contribution in [3.8, 4) is 17.2 Å². The number of rotatable bonds is 7. The van der Waals surface area contributed by atoms with Gasteiger partial charge in [0.05, 0.1) is 14.2 Å². The van der Waals surface area contributed by atoms with Crippen molar-refractivity contribution in [2.75, 3.05) is 14.2 Å². The molecule has 0 spiro atoms. The minimum atomic E-state index is -0.512. The van der Waals surface area contributed by atoms with E-state index in [0.717, 1.165) is 11.1 Å². The Labute approximate surface area is 186 Å². The molecule has 1 heterocycles. The van der Waals surface area contributed by atoms with Gasteiger partial charge in [0.2, 0.25) is 5.90 Å². The summed E-state index contributed by atoms with van der Waals surface area (Å²) in [6.07, 6.45) is 1.66. The first-order valence-corrected chi connectivity index (χ1v) is 10.1. The summed E-state index contributed by atoms with van der Waals surface area (Å²) in [7, 11) is 3.16. The van der Waals surface area contributed by atoms with E-state index >= 15 is 0 Å². The Hall–Kier alpha value is -4.06. The second kappa shape index (κ2) is 9.39. The molecular weight excluding hydrogens is 406 g/mol. The topological polar surface area (TPSA) is 66.3 Å². The van der Waals surface area contributed by atoms with E-state index in [1.807, 2.05) is 49.4 Å². The third-order valence-electron chi connectivity index (χ3n) is 4.91. The summed E-state index contributed by atoms with van der Waals surface area (Å²) < 4.78 is 22.0. The number of aliphatic imine (C=N–C) groups is 1. The fourth-order valence-electron chi connectivity index (χ4n) is 3.30. The Bertz CT molecular complexity index is 1210. The monoisotopic (exact) mass is 429 g/mol. The van der Waals surface area contributed by atoms with Crippen LogP contribution in [0, 0.1) is 6.92 Å². The molecule has 32 heavy (non-hydrogen) atoms. The highest BCUT2D eigenvalue weighted by atomic mass is 16.6. The standard InChI is InChI=1S/C26H23NO5/c1-17-6-4-7-19(12-17)16-31-23-11-10-18(14-24(23)30-3)13-22-26(28)32-25(27-22)20-8-5-9-21(15-20)29-2/h4-15H,16H2,1-3H3. The van der Waals surface area contributed by atoms with Crippen molar-refractivity contribution in [1.82, 2.24) is 0 Å². The van der Waals surface area contributed by atoms with Crippen LogP contribution in [0.3, 0.4) is 0 Å². The number of hydrogen-bond donors (Lipinski definition) is 0. The van der Waals surface area contributed by atoms with Gasteiger partial charge in [0.1, 0.15) is 12.4 Å². The minimum Gasteiger partial charge on any atom is -0.497 e. The van der Waals surface area contributed by atoms with Gasteiger partial charge in [0.15, 0.2) is 17.2 Å². The average Bonchev–Trinajstić information content (AvgIpc) is 3.18. The van der Waals surface area contributed by atoms with E-state index in [4.69, 9.17) is 18.9 Å². The lowest BCUT2D eigenvalue weighted by Gasteiger charge is -2.12. The van der Waals surface area contributed by atoms with Crippen LogP contribution in [-0.4, -0.2) is 26.1 Å². The van der Waals surface area contributed by atoms with Gasteiger partial charge in [0, 0.05) is 5.56 Å². The number of carbonyl (C=O) groups is 1. The fraction of sp³-hybridized carbons (Fsp3) is 0.154. The molecule has 6 nitrogen and oxygen atoms in total. The molecule has 162 valence electrons. The molecule has 0 N–H and O–H groups in total. The Morgan fingerprint density at radius 1 is 0.938 bits per heavy atom. The number of cyclic esters (lactones) is 1. The maximum Gasteiger partial charge on any atom is 0.363 e. The van der Waals surface area contributed by atoms with E-state index in [-0.39, 0.29) is 11.6 Å². The van der Waals surface area contributed by atoms with Gasteiger partial charge in [-0.05, 0) is 54.5 Å². The summed E-state index contributed by atoms with van der Waals surface area (Å²) >= 11 is 0. The molecule has 0 saturated carbocycles. The van der Waals surface area contributed by atoms with Crippen LogP contribution in [0.2, 0.25) is 0 Å². The summed E-state index contributed by atoms with van der Waals surface area (Å²) in [5.41, 5.74) is 3.87. The van der Waals surface area contributed by atoms with E-state index in [1.54, 1.807) is 38.5 Å². The minimum absolute atomic E-state index is 0.207. The molecule has 0 bridgehead atoms. The normalized spacial score (nSPS) is 14.2. The van der Waals surface area contributed by atoms with Crippen LogP contribution < -0.4 is 14.2 Å². The average molecular weight is 429 g/mol. The summed E-state index contributed by atoms with van der Waals surface area (Å²) in [5, 5.41) is 0. The first-order chi connectivity index (χ1) is 15.6. The number of aryl methyl sites for hydroxylation is 1. The number of benzene rings is 3. The Morgan fingerprint density at radius 3 is 2.56 bits per heavy atom. The van der Waals surface area contributed by atoms with Crippen LogP contribution in [0.5, 0.6) is 17.2 Å². The number of nitrogens with zero attached hydrogens (tertiary/aromatic N) is 1. The molecule has 0 aliphatic carbocycles. The van der Waals surface area contributed by atoms with Crippen molar-refractivity contribution in [2.45, 2.75) is 13.5 Å². The van der Waals surface area contributed by atoms with E-state index in [1.165, 1.54) is 5.56 Å². The molecule has 0 aromatic heterocycles. The summed E-state index contributed by atoms with van der Waals surface area (Å²) in [6, 6.07) is 20.8. The van der Waals surface area contributed by atoms with Gasteiger partial charge in [-0.25, -0.2) is 9.79 Å². The predicted octanol–water partition coefficient (Wildman–Crippen LogP) is 4.94. The first-order valence-electron chi connectivity index (χ1n) is 10.1. The molecule has 6 heteroatoms. The highest BCUT2D eigenvalue weighted by Gasteiger charge is 2.24. The van der Waals surface area contributed by atoms with Crippen LogP contribution in [0.25, 0.3) is 6.08 Å². The van der Waals surface area contributed by atoms with Crippen LogP contribution >= 0.6 is 0 Å². The third-order valence-corrected chi connectivity index (χ3v) is 4.91. The number of ether oxygens (including phenoxy) is 4. The van der Waals surface area contributed by atoms with Gasteiger partial charge < -0.3 is 18.9 Å². The molecule has 4 rings (SSSR count). The fourth-order valence-corrected chi connectivity index (χ4v) is 3.30. The van der Waals surface area contributed by atoms with Crippen LogP contribution in [-0.2, 0) is 16.1 Å². The molecule has 0 saturated heterocycles. The molecule has 3 aromatic rings. The van der Waals surface area contributed by atoms with Gasteiger partial charge in [-0.3, -0.25) is 0 Å². The van der Waals surface area contributed by atoms with Gasteiger partial charge in [-0.2, -0.15) is 0 Å². The molecule has 0 atom stereocenters. The highest BCUT2D eigenvalue weighted by molar-refractivity contribution is 6.13. The van der Waals surface area contributed by atoms with Crippen LogP contribution in [0.1, 0.15) is 22.3 Å². The third kappa shape index (κ3) is 4.81. The number of hydrogen-bond acceptors (Lipinski definition) is 6. The van der Waals surface area contributed by atoms with Gasteiger partial charge in [-0.15, -0.1) is 0 Å². The van der Waals surface area contributed by atoms with Crippen molar-refractivity contribution in [2.24, 2.45) is 4.99 Å². The maximum absolute atomic E-state index is 12.3. The lowest BCUT2D eigenvalue weighted by molar-refractivity contribution is -0.129. The van der Waals surface area contributed by atoms with Gasteiger partial charge in [-0.1, -0.05) is 42.0 Å². The SMILES string of the molecule is COc1cccc(C2=NC(=Cc3ccc(OCc4cccc(C)c4)c(OC)c3)C(=O)O2)c1. The number of esters is 1. The highest BCUT2D eigenvalue weighted by Crippen LogP contribution is 2.30. The summed E-state index contributed by atoms with van der Waals surface area (Å²) in [6.45, 7) is 2.47. The molecular formula is C26H23NO5. The smallest absolute Gasteiger partial charge is 0.363 e. The largest absolute Gasteiger partial charge is 0.497 e. The Kier molecular flexibility index (Phi) is 6.22. The zero-order valence-electron chi connectivity index (χ0n) is 18.1. The Balaban J connectivity index is 1.54. The van der Waals surface area contributed by atoms with Crippen molar-refractivity contribution >= 4 is 17.9 Å². The van der Waals surface area contributed by atoms with E-state index in [0.29, 0.717) is 29.4 Å². The van der Waals surface area contributed by atoms with Crippen LogP contribution in [0.4, 0.5) is 0 Å². The van der Waals surface area contributed by atoms with Crippen LogP contribution in [0.15, 0.2) is 77.4 Å². The molecule has 0 unspecified atom stereocenters. The second-order valence-electron chi connectivity index (χ2n) is 7.26. The molecule has 1 aliphatic rings. The van der Waals surface area contributed by atoms with Gasteiger partial charge >= 0.3 is 5.97 Å². The molecule has 0 radical (unpaired) electrons. The van der Waals surface area contributed by atoms with E-state index < -0.39 is 5.97 Å². The lowest BCUT2D eigenvalue weighted by Crippen LogP contribution is -2.05. The van der Waals surface area contributed by atoms with Crippen molar-refractivity contribution in [3.63, 3.8) is 0 Å². The zero-order chi connectivity index (χ0) is 22.5.